The first-order valence-electron chi connectivity index (χ1n) is 21.4. The lowest BCUT2D eigenvalue weighted by Gasteiger charge is -2.24. The van der Waals surface area contributed by atoms with Crippen molar-refractivity contribution in [3.63, 3.8) is 0 Å². The van der Waals surface area contributed by atoms with Gasteiger partial charge in [-0.15, -0.1) is 0 Å². The second-order valence-electron chi connectivity index (χ2n) is 14.8. The van der Waals surface area contributed by atoms with Gasteiger partial charge in [-0.3, -0.25) is 13.8 Å². The molecule has 6 N–H and O–H groups in total. The number of amides is 1. The minimum Gasteiger partial charge on any atom is -0.393 e. The molecule has 4 unspecified atom stereocenters. The van der Waals surface area contributed by atoms with Gasteiger partial charge in [-0.25, -0.2) is 4.57 Å². The van der Waals surface area contributed by atoms with Crippen molar-refractivity contribution in [2.24, 2.45) is 5.73 Å². The van der Waals surface area contributed by atoms with E-state index in [0.29, 0.717) is 6.42 Å². The summed E-state index contributed by atoms with van der Waals surface area (Å²) in [6, 6.07) is -0.976. The summed E-state index contributed by atoms with van der Waals surface area (Å²) in [7, 11) is -4.39. The average molecular weight is 747 g/mol. The highest BCUT2D eigenvalue weighted by Crippen LogP contribution is 2.43. The zero-order chi connectivity index (χ0) is 37.7. The van der Waals surface area contributed by atoms with Gasteiger partial charge in [0.15, 0.2) is 0 Å². The highest BCUT2D eigenvalue weighted by Gasteiger charge is 2.27. The third kappa shape index (κ3) is 36.0. The molecule has 0 spiro atoms. The minimum atomic E-state index is -4.39. The Morgan fingerprint density at radius 1 is 0.667 bits per heavy atom. The topological polar surface area (TPSA) is 151 Å². The van der Waals surface area contributed by atoms with E-state index in [4.69, 9.17) is 14.8 Å². The van der Waals surface area contributed by atoms with E-state index >= 15 is 0 Å². The van der Waals surface area contributed by atoms with Crippen LogP contribution in [0.4, 0.5) is 0 Å². The molecule has 0 bridgehead atoms. The minimum absolute atomic E-state index is 0.0514. The summed E-state index contributed by atoms with van der Waals surface area (Å²) in [5.74, 6) is -0.444. The number of aliphatic hydroxyl groups excluding tert-OH is 2. The van der Waals surface area contributed by atoms with Crippen LogP contribution in [0.15, 0.2) is 12.2 Å². The molecule has 304 valence electrons. The smallest absolute Gasteiger partial charge is 0.393 e. The van der Waals surface area contributed by atoms with Crippen molar-refractivity contribution in [1.29, 1.82) is 0 Å². The fourth-order valence-electron chi connectivity index (χ4n) is 6.41. The summed E-state index contributed by atoms with van der Waals surface area (Å²) < 4.78 is 22.1. The summed E-state index contributed by atoms with van der Waals surface area (Å²) in [5, 5.41) is 24.0. The number of allylic oxidation sites excluding steroid dienone is 1. The van der Waals surface area contributed by atoms with Gasteiger partial charge < -0.3 is 26.2 Å². The fourth-order valence-corrected chi connectivity index (χ4v) is 7.17. The van der Waals surface area contributed by atoms with Gasteiger partial charge in [-0.05, 0) is 19.3 Å². The van der Waals surface area contributed by atoms with Crippen LogP contribution in [-0.2, 0) is 18.4 Å². The third-order valence-corrected chi connectivity index (χ3v) is 10.7. The normalized spacial score (nSPS) is 14.9. The number of carbonyl (C=O) groups excluding carboxylic acids is 1. The number of rotatable bonds is 40. The Hall–Kier alpha value is -0.800. The number of nitrogens with two attached hydrogens (primary N) is 1. The molecule has 51 heavy (non-hydrogen) atoms. The van der Waals surface area contributed by atoms with Crippen molar-refractivity contribution >= 4 is 13.7 Å². The number of aliphatic hydroxyl groups is 2. The first-order chi connectivity index (χ1) is 24.8. The summed E-state index contributed by atoms with van der Waals surface area (Å²) >= 11 is 0. The van der Waals surface area contributed by atoms with Crippen molar-refractivity contribution < 1.29 is 33.5 Å². The molecule has 9 nitrogen and oxygen atoms in total. The third-order valence-electron chi connectivity index (χ3n) is 9.67. The maximum Gasteiger partial charge on any atom is 0.472 e. The zero-order valence-electron chi connectivity index (χ0n) is 33.2. The maximum atomic E-state index is 12.8. The largest absolute Gasteiger partial charge is 0.472 e. The van der Waals surface area contributed by atoms with E-state index in [0.717, 1.165) is 38.5 Å². The van der Waals surface area contributed by atoms with Crippen molar-refractivity contribution in [2.45, 2.75) is 225 Å². The molecule has 0 rings (SSSR count). The van der Waals surface area contributed by atoms with E-state index in [1.807, 2.05) is 6.08 Å². The zero-order valence-corrected chi connectivity index (χ0v) is 34.1. The van der Waals surface area contributed by atoms with E-state index in [9.17, 15) is 24.5 Å². The van der Waals surface area contributed by atoms with E-state index in [2.05, 4.69) is 19.2 Å². The Kier molecular flexibility index (Phi) is 36.9. The van der Waals surface area contributed by atoms with Gasteiger partial charge in [0.1, 0.15) is 0 Å². The summed E-state index contributed by atoms with van der Waals surface area (Å²) in [5.41, 5.74) is 5.36. The Morgan fingerprint density at radius 3 is 1.51 bits per heavy atom. The van der Waals surface area contributed by atoms with Gasteiger partial charge in [-0.2, -0.15) is 0 Å². The molecule has 4 atom stereocenters. The van der Waals surface area contributed by atoms with E-state index in [1.54, 1.807) is 6.08 Å². The highest BCUT2D eigenvalue weighted by atomic mass is 31.2. The molecule has 0 radical (unpaired) electrons. The molecule has 0 aliphatic carbocycles. The quantitative estimate of drug-likeness (QED) is 0.0236. The van der Waals surface area contributed by atoms with Crippen LogP contribution in [0.2, 0.25) is 0 Å². The molecule has 0 aromatic rings. The van der Waals surface area contributed by atoms with E-state index < -0.39 is 38.6 Å². The number of unbranched alkanes of at least 4 members (excludes halogenated alkanes) is 26. The van der Waals surface area contributed by atoms with Gasteiger partial charge in [-0.1, -0.05) is 193 Å². The van der Waals surface area contributed by atoms with Gasteiger partial charge in [0.2, 0.25) is 5.91 Å². The molecule has 0 heterocycles. The lowest BCUT2D eigenvalue weighted by Crippen LogP contribution is -2.46. The maximum absolute atomic E-state index is 12.8. The molecule has 1 amide bonds. The van der Waals surface area contributed by atoms with Crippen molar-refractivity contribution in [3.05, 3.63) is 12.2 Å². The average Bonchev–Trinajstić information content (AvgIpc) is 3.10. The van der Waals surface area contributed by atoms with Gasteiger partial charge in [0, 0.05) is 6.54 Å². The molecule has 0 aromatic carbocycles. The lowest BCUT2D eigenvalue weighted by molar-refractivity contribution is -0.124. The molecule has 0 aliphatic heterocycles. The predicted molar refractivity (Wildman–Crippen MR) is 214 cm³/mol. The summed E-state index contributed by atoms with van der Waals surface area (Å²) in [6.07, 6.45) is 37.2. The van der Waals surface area contributed by atoms with Crippen LogP contribution in [-0.4, -0.2) is 59.0 Å². The van der Waals surface area contributed by atoms with Gasteiger partial charge >= 0.3 is 7.82 Å². The van der Waals surface area contributed by atoms with Crippen molar-refractivity contribution in [3.8, 4) is 0 Å². The first-order valence-corrected chi connectivity index (χ1v) is 22.9. The number of hydrogen-bond donors (Lipinski definition) is 5. The fraction of sp³-hybridized carbons (Fsp3) is 0.927. The SMILES string of the molecule is CCCCCCCCCCCCCCCC/C=C/C(O)C(COP(=O)(O)OCCN)NC(=O)CC(O)CCCCCCCCCCCCCCC. The lowest BCUT2D eigenvalue weighted by atomic mass is 10.0. The number of phosphoric acid groups is 1. The van der Waals surface area contributed by atoms with Crippen LogP contribution in [0.25, 0.3) is 0 Å². The number of hydrogen-bond acceptors (Lipinski definition) is 7. The molecule has 0 aromatic heterocycles. The van der Waals surface area contributed by atoms with Crippen LogP contribution in [0.3, 0.4) is 0 Å². The standard InChI is InChI=1S/C41H83N2O7P/c1-3-5-7-9-11-13-15-17-18-19-21-23-25-27-29-31-33-40(45)39(37-50-51(47,48)49-35-34-42)43-41(46)36-38(44)32-30-28-26-24-22-20-16-14-12-10-8-6-4-2/h31,33,38-40,44-45H,3-30,32,34-37,42H2,1-2H3,(H,43,46)(H,47,48)/b33-31+. The van der Waals surface area contributed by atoms with Crippen LogP contribution < -0.4 is 11.1 Å². The summed E-state index contributed by atoms with van der Waals surface area (Å²) in [4.78, 5) is 22.7. The summed E-state index contributed by atoms with van der Waals surface area (Å²) in [6.45, 7) is 3.98. The number of carbonyl (C=O) groups is 1. The van der Waals surface area contributed by atoms with Crippen LogP contribution in [0.1, 0.15) is 206 Å². The molecule has 0 aliphatic rings. The van der Waals surface area contributed by atoms with Gasteiger partial charge in [0.05, 0.1) is 37.9 Å². The molecule has 10 heteroatoms. The Balaban J connectivity index is 4.34. The second-order valence-corrected chi connectivity index (χ2v) is 16.2. The second kappa shape index (κ2) is 37.5. The van der Waals surface area contributed by atoms with E-state index in [1.165, 1.54) is 141 Å². The van der Waals surface area contributed by atoms with Crippen LogP contribution >= 0.6 is 7.82 Å². The van der Waals surface area contributed by atoms with Crippen LogP contribution in [0, 0.1) is 0 Å². The van der Waals surface area contributed by atoms with Crippen LogP contribution in [0.5, 0.6) is 0 Å². The van der Waals surface area contributed by atoms with Gasteiger partial charge in [0.25, 0.3) is 0 Å². The predicted octanol–water partition coefficient (Wildman–Crippen LogP) is 10.6. The first kappa shape index (κ1) is 50.2. The number of nitrogens with one attached hydrogen (secondary N) is 1. The monoisotopic (exact) mass is 747 g/mol. The number of phosphoric ester groups is 1. The highest BCUT2D eigenvalue weighted by molar-refractivity contribution is 7.47. The van der Waals surface area contributed by atoms with Crippen molar-refractivity contribution in [1.82, 2.24) is 5.32 Å². The Labute approximate surface area is 314 Å². The molecule has 0 saturated carbocycles. The van der Waals surface area contributed by atoms with Crippen molar-refractivity contribution in [2.75, 3.05) is 19.8 Å². The molecular formula is C41H83N2O7P. The molecule has 0 fully saturated rings. The Bertz CT molecular complexity index is 832. The molecular weight excluding hydrogens is 663 g/mol. The van der Waals surface area contributed by atoms with E-state index in [-0.39, 0.29) is 19.6 Å². The Morgan fingerprint density at radius 2 is 1.08 bits per heavy atom. The molecule has 0 saturated heterocycles.